The van der Waals surface area contributed by atoms with Gasteiger partial charge in [-0.1, -0.05) is 19.4 Å². The summed E-state index contributed by atoms with van der Waals surface area (Å²) in [5.74, 6) is -2.35. The SMILES string of the molecule is COc1cc(F)ccc1-c1nc(Nc2cc(C[SH](C)O)cc(S(F)(F)(F)(F)F)c2)ncc1F. The van der Waals surface area contributed by atoms with E-state index in [1.54, 1.807) is 0 Å². The minimum atomic E-state index is -10.0. The topological polar surface area (TPSA) is 67.3 Å². The Morgan fingerprint density at radius 3 is 2.36 bits per heavy atom. The molecule has 0 saturated heterocycles. The van der Waals surface area contributed by atoms with Gasteiger partial charge in [-0.05, 0) is 42.2 Å². The van der Waals surface area contributed by atoms with E-state index in [0.29, 0.717) is 6.20 Å². The molecule has 182 valence electrons. The van der Waals surface area contributed by atoms with Gasteiger partial charge >= 0.3 is 10.2 Å². The number of ether oxygens (including phenoxy) is 1. The molecule has 1 atom stereocenters. The monoisotopic (exact) mass is 517 g/mol. The van der Waals surface area contributed by atoms with E-state index in [1.165, 1.54) is 19.4 Å². The quantitative estimate of drug-likeness (QED) is 0.225. The summed E-state index contributed by atoms with van der Waals surface area (Å²) in [7, 11) is -8.83. The van der Waals surface area contributed by atoms with Crippen LogP contribution in [0.2, 0.25) is 0 Å². The molecule has 2 N–H and O–H groups in total. The fraction of sp³-hybridized carbons (Fsp3) is 0.158. The predicted molar refractivity (Wildman–Crippen MR) is 116 cm³/mol. The van der Waals surface area contributed by atoms with E-state index < -0.39 is 49.6 Å². The van der Waals surface area contributed by atoms with Crippen LogP contribution in [0.3, 0.4) is 0 Å². The van der Waals surface area contributed by atoms with E-state index in [-0.39, 0.29) is 40.5 Å². The molecule has 0 fully saturated rings. The summed E-state index contributed by atoms with van der Waals surface area (Å²) in [6, 6.07) is 4.77. The van der Waals surface area contributed by atoms with Crippen molar-refractivity contribution in [2.75, 3.05) is 18.7 Å². The van der Waals surface area contributed by atoms with E-state index >= 15 is 0 Å². The smallest absolute Gasteiger partial charge is 0.310 e. The Morgan fingerprint density at radius 2 is 1.76 bits per heavy atom. The third kappa shape index (κ3) is 6.21. The molecular weight excluding hydrogens is 499 g/mol. The zero-order chi connectivity index (χ0) is 24.7. The number of aromatic nitrogens is 2. The van der Waals surface area contributed by atoms with E-state index in [2.05, 4.69) is 15.3 Å². The van der Waals surface area contributed by atoms with Crippen LogP contribution in [-0.2, 0) is 5.75 Å². The van der Waals surface area contributed by atoms with Crippen molar-refractivity contribution < 1.29 is 37.5 Å². The molecule has 0 amide bonds. The molecule has 3 rings (SSSR count). The fourth-order valence-electron chi connectivity index (χ4n) is 2.92. The number of hydrogen-bond donors (Lipinski definition) is 3. The Kier molecular flexibility index (Phi) is 6.01. The molecule has 5 nitrogen and oxygen atoms in total. The van der Waals surface area contributed by atoms with Crippen LogP contribution >= 0.6 is 21.4 Å². The first kappa shape index (κ1) is 24.9. The van der Waals surface area contributed by atoms with Gasteiger partial charge < -0.3 is 14.6 Å². The largest absolute Gasteiger partial charge is 0.496 e. The summed E-state index contributed by atoms with van der Waals surface area (Å²) in [6.07, 6.45) is 2.06. The van der Waals surface area contributed by atoms with Crippen molar-refractivity contribution in [2.45, 2.75) is 10.6 Å². The van der Waals surface area contributed by atoms with Gasteiger partial charge in [-0.3, -0.25) is 0 Å². The summed E-state index contributed by atoms with van der Waals surface area (Å²) in [6.45, 7) is 0. The second kappa shape index (κ2) is 7.95. The molecule has 0 spiro atoms. The molecule has 0 aliphatic heterocycles. The van der Waals surface area contributed by atoms with Crippen molar-refractivity contribution in [3.8, 4) is 17.0 Å². The molecule has 1 heterocycles. The summed E-state index contributed by atoms with van der Waals surface area (Å²) >= 11 is -1.73. The van der Waals surface area contributed by atoms with Crippen molar-refractivity contribution in [3.63, 3.8) is 0 Å². The average molecular weight is 517 g/mol. The van der Waals surface area contributed by atoms with Gasteiger partial charge in [0.25, 0.3) is 0 Å². The summed E-state index contributed by atoms with van der Waals surface area (Å²) in [5.41, 5.74) is -0.973. The summed E-state index contributed by atoms with van der Waals surface area (Å²) in [5, 5.41) is 2.36. The fourth-order valence-corrected chi connectivity index (χ4v) is 4.35. The second-order valence-corrected chi connectivity index (χ2v) is 11.1. The number of halogens is 7. The number of methoxy groups -OCH3 is 1. The molecule has 0 bridgehead atoms. The highest BCUT2D eigenvalue weighted by atomic mass is 32.5. The van der Waals surface area contributed by atoms with Crippen molar-refractivity contribution in [1.29, 1.82) is 0 Å². The Labute approximate surface area is 186 Å². The zero-order valence-electron chi connectivity index (χ0n) is 17.0. The highest BCUT2D eigenvalue weighted by Gasteiger charge is 2.65. The minimum Gasteiger partial charge on any atom is -0.496 e. The molecule has 1 aromatic heterocycles. The molecule has 0 saturated carbocycles. The molecular formula is C19H18F7N3O2S2. The predicted octanol–water partition coefficient (Wildman–Crippen LogP) is 7.44. The minimum absolute atomic E-state index is 0.0280. The number of benzene rings is 2. The third-order valence-corrected chi connectivity index (χ3v) is 6.19. The standard InChI is InChI=1S/C19H18F7N3O2S2/c1-31-17-7-12(20)3-4-15(17)18-16(21)9-27-19(29-18)28-13-5-11(10-32(2)30)6-14(8-13)33(22,23,24,25)26/h3-9,30,32H,10H2,1-2H3,(H,27,28,29). The maximum atomic E-state index is 14.4. The number of hydrogen-bond acceptors (Lipinski definition) is 5. The second-order valence-electron chi connectivity index (χ2n) is 7.01. The van der Waals surface area contributed by atoms with Crippen LogP contribution in [0.4, 0.5) is 39.8 Å². The van der Waals surface area contributed by atoms with Crippen LogP contribution in [0.1, 0.15) is 5.56 Å². The molecule has 0 aliphatic rings. The molecule has 14 heteroatoms. The van der Waals surface area contributed by atoms with E-state index in [4.69, 9.17) is 4.74 Å². The Bertz CT molecular complexity index is 1210. The lowest BCUT2D eigenvalue weighted by molar-refractivity contribution is 0.364. The average Bonchev–Trinajstić information content (AvgIpc) is 2.67. The molecule has 2 aromatic carbocycles. The molecule has 1 unspecified atom stereocenters. The lowest BCUT2D eigenvalue weighted by Crippen LogP contribution is -2.08. The number of anilines is 2. The van der Waals surface area contributed by atoms with E-state index in [0.717, 1.165) is 18.2 Å². The van der Waals surface area contributed by atoms with Crippen molar-refractivity contribution in [3.05, 3.63) is 59.8 Å². The van der Waals surface area contributed by atoms with Crippen molar-refractivity contribution in [2.24, 2.45) is 0 Å². The van der Waals surface area contributed by atoms with Crippen LogP contribution in [-0.4, -0.2) is 27.9 Å². The first-order valence-corrected chi connectivity index (χ1v) is 12.8. The van der Waals surface area contributed by atoms with Gasteiger partial charge in [0.05, 0.1) is 13.3 Å². The maximum absolute atomic E-state index is 14.4. The Balaban J connectivity index is 2.08. The van der Waals surface area contributed by atoms with Gasteiger partial charge in [-0.15, -0.1) is 11.2 Å². The van der Waals surface area contributed by atoms with Crippen molar-refractivity contribution in [1.82, 2.24) is 9.97 Å². The number of thiol groups is 1. The Hall–Kier alpha value is -2.71. The first-order valence-electron chi connectivity index (χ1n) is 8.97. The zero-order valence-corrected chi connectivity index (χ0v) is 18.7. The van der Waals surface area contributed by atoms with E-state index in [9.17, 15) is 32.8 Å². The first-order chi connectivity index (χ1) is 15.1. The van der Waals surface area contributed by atoms with Gasteiger partial charge in [-0.25, -0.2) is 18.7 Å². The van der Waals surface area contributed by atoms with Crippen LogP contribution < -0.4 is 10.1 Å². The van der Waals surface area contributed by atoms with Gasteiger partial charge in [0.1, 0.15) is 22.2 Å². The Morgan fingerprint density at radius 1 is 1.06 bits per heavy atom. The molecule has 0 aliphatic carbocycles. The van der Waals surface area contributed by atoms with Crippen LogP contribution in [0.5, 0.6) is 5.75 Å². The molecule has 33 heavy (non-hydrogen) atoms. The summed E-state index contributed by atoms with van der Waals surface area (Å²) < 4.78 is 110. The highest BCUT2D eigenvalue weighted by molar-refractivity contribution is 8.45. The van der Waals surface area contributed by atoms with Gasteiger partial charge in [-0.2, -0.15) is 0 Å². The van der Waals surface area contributed by atoms with E-state index in [1.807, 2.05) is 0 Å². The highest BCUT2D eigenvalue weighted by Crippen LogP contribution is 3.02. The van der Waals surface area contributed by atoms with Gasteiger partial charge in [0.15, 0.2) is 5.82 Å². The van der Waals surface area contributed by atoms with Gasteiger partial charge in [0.2, 0.25) is 5.95 Å². The normalized spacial score (nSPS) is 15.4. The van der Waals surface area contributed by atoms with Gasteiger partial charge in [0, 0.05) is 23.1 Å². The van der Waals surface area contributed by atoms with Crippen LogP contribution in [0.25, 0.3) is 11.3 Å². The number of rotatable bonds is 7. The lowest BCUT2D eigenvalue weighted by Gasteiger charge is -2.41. The van der Waals surface area contributed by atoms with Crippen molar-refractivity contribution >= 4 is 33.0 Å². The lowest BCUT2D eigenvalue weighted by atomic mass is 10.1. The third-order valence-electron chi connectivity index (χ3n) is 4.24. The maximum Gasteiger partial charge on any atom is 0.310 e. The van der Waals surface area contributed by atoms with Crippen LogP contribution in [0.15, 0.2) is 47.5 Å². The van der Waals surface area contributed by atoms with Crippen LogP contribution in [0, 0.1) is 11.6 Å². The molecule has 0 radical (unpaired) electrons. The number of nitrogens with one attached hydrogen (secondary N) is 1. The molecule has 3 aromatic rings. The number of nitrogens with zero attached hydrogens (tertiary/aromatic N) is 2. The summed E-state index contributed by atoms with van der Waals surface area (Å²) in [4.78, 5) is 5.36.